The average Bonchev–Trinajstić information content (AvgIpc) is 3.87. The lowest BCUT2D eigenvalue weighted by molar-refractivity contribution is 0.669. The molecule has 3 nitrogen and oxygen atoms in total. The lowest BCUT2D eigenvalue weighted by atomic mass is 9.95. The SMILES string of the molecule is c1ccc(-c2cc3c4ccc(-c5ccc(N(c6ccc(-c7ccc8oc9ccccc9c8c7)cc6)c6ccc7ccccc7c6)cc5)cc4oc3c3ccccc23)cc1. The molecule has 0 N–H and O–H groups in total. The van der Waals surface area contributed by atoms with Gasteiger partial charge in [-0.1, -0.05) is 140 Å². The Labute approximate surface area is 340 Å². The first kappa shape index (κ1) is 33.3. The fourth-order valence-electron chi connectivity index (χ4n) is 8.91. The maximum absolute atomic E-state index is 6.70. The lowest BCUT2D eigenvalue weighted by Crippen LogP contribution is -2.09. The minimum atomic E-state index is 0.884. The zero-order valence-corrected chi connectivity index (χ0v) is 32.0. The molecule has 0 fully saturated rings. The highest BCUT2D eigenvalue weighted by Gasteiger charge is 2.18. The number of rotatable bonds is 6. The molecular weight excluding hydrogens is 719 g/mol. The summed E-state index contributed by atoms with van der Waals surface area (Å²) in [7, 11) is 0. The molecule has 0 aliphatic heterocycles. The molecular formula is C56H35NO2. The zero-order valence-electron chi connectivity index (χ0n) is 32.0. The van der Waals surface area contributed by atoms with Crippen molar-refractivity contribution in [1.29, 1.82) is 0 Å². The third-order valence-electron chi connectivity index (χ3n) is 11.8. The first-order valence-electron chi connectivity index (χ1n) is 20.1. The van der Waals surface area contributed by atoms with Gasteiger partial charge in [-0.3, -0.25) is 0 Å². The van der Waals surface area contributed by atoms with E-state index < -0.39 is 0 Å². The van der Waals surface area contributed by atoms with Crippen LogP contribution in [0.25, 0.3) is 98.8 Å². The van der Waals surface area contributed by atoms with E-state index in [-0.39, 0.29) is 0 Å². The zero-order chi connectivity index (χ0) is 38.9. The van der Waals surface area contributed by atoms with E-state index in [2.05, 4.69) is 205 Å². The minimum absolute atomic E-state index is 0.884. The monoisotopic (exact) mass is 753 g/mol. The molecule has 0 radical (unpaired) electrons. The van der Waals surface area contributed by atoms with Crippen LogP contribution in [0.15, 0.2) is 221 Å². The van der Waals surface area contributed by atoms with Gasteiger partial charge in [-0.15, -0.1) is 0 Å². The standard InChI is InChI=1S/C56H35NO2/c1-2-11-39(12-3-1)50-35-52-48-30-23-42(34-55(48)59-56(52)49-16-7-6-14-46(49)50)38-20-27-44(28-21-38)57(45-29-22-36-10-4-5-13-40(36)32-45)43-25-18-37(19-26-43)41-24-31-54-51(33-41)47-15-8-9-17-53(47)58-54/h1-35H. The van der Waals surface area contributed by atoms with Gasteiger partial charge in [0.1, 0.15) is 22.3 Å². The summed E-state index contributed by atoms with van der Waals surface area (Å²) < 4.78 is 12.8. The Morgan fingerprint density at radius 1 is 0.271 bits per heavy atom. The Morgan fingerprint density at radius 2 is 0.847 bits per heavy atom. The number of anilines is 3. The molecule has 0 unspecified atom stereocenters. The van der Waals surface area contributed by atoms with Crippen molar-refractivity contribution < 1.29 is 8.83 Å². The first-order chi connectivity index (χ1) is 29.2. The molecule has 0 saturated heterocycles. The molecule has 0 amide bonds. The Morgan fingerprint density at radius 3 is 1.63 bits per heavy atom. The molecule has 2 heterocycles. The van der Waals surface area contributed by atoms with Crippen LogP contribution in [0.5, 0.6) is 0 Å². The van der Waals surface area contributed by atoms with Gasteiger partial charge in [0.2, 0.25) is 0 Å². The van der Waals surface area contributed by atoms with Gasteiger partial charge >= 0.3 is 0 Å². The number of benzene rings is 10. The predicted octanol–water partition coefficient (Wildman–Crippen LogP) is 16.3. The van der Waals surface area contributed by atoms with Crippen LogP contribution >= 0.6 is 0 Å². The van der Waals surface area contributed by atoms with Gasteiger partial charge < -0.3 is 13.7 Å². The molecule has 59 heavy (non-hydrogen) atoms. The van der Waals surface area contributed by atoms with Gasteiger partial charge in [0.25, 0.3) is 0 Å². The van der Waals surface area contributed by atoms with Gasteiger partial charge in [0.15, 0.2) is 0 Å². The van der Waals surface area contributed by atoms with E-state index in [0.717, 1.165) is 88.6 Å². The van der Waals surface area contributed by atoms with Crippen LogP contribution in [0.1, 0.15) is 0 Å². The molecule has 0 spiro atoms. The normalized spacial score (nSPS) is 11.7. The maximum Gasteiger partial charge on any atom is 0.143 e. The van der Waals surface area contributed by atoms with E-state index in [9.17, 15) is 0 Å². The third kappa shape index (κ3) is 5.59. The van der Waals surface area contributed by atoms with E-state index >= 15 is 0 Å². The fraction of sp³-hybridized carbons (Fsp3) is 0. The van der Waals surface area contributed by atoms with Gasteiger partial charge in [-0.25, -0.2) is 0 Å². The first-order valence-corrected chi connectivity index (χ1v) is 20.1. The number of hydrogen-bond donors (Lipinski definition) is 0. The number of nitrogens with zero attached hydrogens (tertiary/aromatic N) is 1. The molecule has 2 aromatic heterocycles. The predicted molar refractivity (Wildman–Crippen MR) is 247 cm³/mol. The van der Waals surface area contributed by atoms with E-state index in [0.29, 0.717) is 0 Å². The fourth-order valence-corrected chi connectivity index (χ4v) is 8.91. The van der Waals surface area contributed by atoms with E-state index in [1.165, 1.54) is 27.3 Å². The highest BCUT2D eigenvalue weighted by molar-refractivity contribution is 6.19. The molecule has 10 aromatic carbocycles. The second-order valence-corrected chi connectivity index (χ2v) is 15.3. The van der Waals surface area contributed by atoms with Crippen molar-refractivity contribution in [2.75, 3.05) is 4.90 Å². The Kier molecular flexibility index (Phi) is 7.54. The van der Waals surface area contributed by atoms with Gasteiger partial charge in [0.05, 0.1) is 0 Å². The summed E-state index contributed by atoms with van der Waals surface area (Å²) in [6.07, 6.45) is 0. The van der Waals surface area contributed by atoms with Crippen molar-refractivity contribution in [3.63, 3.8) is 0 Å². The van der Waals surface area contributed by atoms with Crippen LogP contribution in [0.2, 0.25) is 0 Å². The third-order valence-corrected chi connectivity index (χ3v) is 11.8. The second kappa shape index (κ2) is 13.4. The van der Waals surface area contributed by atoms with Crippen LogP contribution < -0.4 is 4.90 Å². The molecule has 0 bridgehead atoms. The topological polar surface area (TPSA) is 29.5 Å². The maximum atomic E-state index is 6.70. The average molecular weight is 754 g/mol. The Bertz CT molecular complexity index is 3540. The minimum Gasteiger partial charge on any atom is -0.456 e. The Hall–Kier alpha value is -7.88. The van der Waals surface area contributed by atoms with E-state index in [1.807, 2.05) is 12.1 Å². The summed E-state index contributed by atoms with van der Waals surface area (Å²) in [5, 5.41) is 9.25. The van der Waals surface area contributed by atoms with Crippen molar-refractivity contribution in [2.45, 2.75) is 0 Å². The molecule has 0 aliphatic rings. The van der Waals surface area contributed by atoms with Crippen LogP contribution in [-0.4, -0.2) is 0 Å². The van der Waals surface area contributed by atoms with Crippen molar-refractivity contribution in [1.82, 2.24) is 0 Å². The smallest absolute Gasteiger partial charge is 0.143 e. The van der Waals surface area contributed by atoms with Gasteiger partial charge in [0, 0.05) is 44.0 Å². The molecule has 0 aliphatic carbocycles. The highest BCUT2D eigenvalue weighted by atomic mass is 16.3. The summed E-state index contributed by atoms with van der Waals surface area (Å²) in [5.74, 6) is 0. The number of fused-ring (bicyclic) bond motifs is 9. The molecule has 12 aromatic rings. The molecule has 0 saturated carbocycles. The summed E-state index contributed by atoms with van der Waals surface area (Å²) in [5.41, 5.74) is 13.8. The Balaban J connectivity index is 0.922. The summed E-state index contributed by atoms with van der Waals surface area (Å²) in [6.45, 7) is 0. The molecule has 0 atom stereocenters. The second-order valence-electron chi connectivity index (χ2n) is 15.3. The van der Waals surface area contributed by atoms with Crippen LogP contribution in [0.3, 0.4) is 0 Å². The van der Waals surface area contributed by atoms with Crippen LogP contribution in [0.4, 0.5) is 17.1 Å². The quantitative estimate of drug-likeness (QED) is 0.169. The van der Waals surface area contributed by atoms with E-state index in [4.69, 9.17) is 8.83 Å². The largest absolute Gasteiger partial charge is 0.456 e. The van der Waals surface area contributed by atoms with Crippen molar-refractivity contribution in [2.24, 2.45) is 0 Å². The molecule has 3 heteroatoms. The summed E-state index contributed by atoms with van der Waals surface area (Å²) in [4.78, 5) is 2.34. The van der Waals surface area contributed by atoms with Crippen molar-refractivity contribution in [3.8, 4) is 33.4 Å². The van der Waals surface area contributed by atoms with Crippen molar-refractivity contribution >= 4 is 82.5 Å². The lowest BCUT2D eigenvalue weighted by Gasteiger charge is -2.26. The number of furan rings is 2. The van der Waals surface area contributed by atoms with Gasteiger partial charge in [-0.2, -0.15) is 0 Å². The van der Waals surface area contributed by atoms with Crippen molar-refractivity contribution in [3.05, 3.63) is 212 Å². The summed E-state index contributed by atoms with van der Waals surface area (Å²) >= 11 is 0. The van der Waals surface area contributed by atoms with Crippen LogP contribution in [0, 0.1) is 0 Å². The molecule has 276 valence electrons. The van der Waals surface area contributed by atoms with Crippen LogP contribution in [-0.2, 0) is 0 Å². The molecule has 12 rings (SSSR count). The summed E-state index contributed by atoms with van der Waals surface area (Å²) in [6, 6.07) is 75.8. The number of para-hydroxylation sites is 1. The highest BCUT2D eigenvalue weighted by Crippen LogP contribution is 2.42. The number of hydrogen-bond acceptors (Lipinski definition) is 3. The van der Waals surface area contributed by atoms with E-state index in [1.54, 1.807) is 0 Å². The van der Waals surface area contributed by atoms with Gasteiger partial charge in [-0.05, 0) is 122 Å².